The first-order chi connectivity index (χ1) is 16.1. The van der Waals surface area contributed by atoms with Crippen molar-refractivity contribution >= 4 is 62.2 Å². The second-order valence-corrected chi connectivity index (χ2v) is 10.3. The summed E-state index contributed by atoms with van der Waals surface area (Å²) in [6.07, 6.45) is 9.93. The van der Waals surface area contributed by atoms with Crippen LogP contribution >= 0.6 is 34.5 Å². The van der Waals surface area contributed by atoms with Crippen LogP contribution in [0, 0.1) is 0 Å². The third-order valence-electron chi connectivity index (χ3n) is 6.20. The molecule has 3 aromatic rings. The Morgan fingerprint density at radius 2 is 1.97 bits per heavy atom. The third-order valence-corrected chi connectivity index (χ3v) is 8.07. The fourth-order valence-electron chi connectivity index (χ4n) is 4.47. The predicted molar refractivity (Wildman–Crippen MR) is 136 cm³/mol. The number of carbonyl (C=O) groups is 1. The SMILES string of the molecule is O=C(C=CCN1CCCCC1)N1CCc2c(sc3ncnc(Nc4ccc(Cl)c(Cl)c4)c23)C1. The molecule has 0 bridgehead atoms. The number of nitrogens with one attached hydrogen (secondary N) is 1. The Morgan fingerprint density at radius 1 is 1.12 bits per heavy atom. The van der Waals surface area contributed by atoms with Crippen molar-refractivity contribution in [3.05, 3.63) is 57.2 Å². The van der Waals surface area contributed by atoms with Gasteiger partial charge in [-0.05, 0) is 56.1 Å². The molecule has 2 aliphatic rings. The molecule has 0 aliphatic carbocycles. The van der Waals surface area contributed by atoms with E-state index in [9.17, 15) is 4.79 Å². The molecular formula is C24H25Cl2N5OS. The van der Waals surface area contributed by atoms with E-state index in [-0.39, 0.29) is 5.91 Å². The van der Waals surface area contributed by atoms with Gasteiger partial charge < -0.3 is 10.2 Å². The quantitative estimate of drug-likeness (QED) is 0.456. The van der Waals surface area contributed by atoms with Crippen LogP contribution in [-0.4, -0.2) is 51.9 Å². The number of anilines is 2. The number of likely N-dealkylation sites (tertiary alicyclic amines) is 1. The Labute approximate surface area is 207 Å². The van der Waals surface area contributed by atoms with Crippen molar-refractivity contribution < 1.29 is 4.79 Å². The largest absolute Gasteiger partial charge is 0.340 e. The first-order valence-corrected chi connectivity index (χ1v) is 12.8. The monoisotopic (exact) mass is 501 g/mol. The topological polar surface area (TPSA) is 61.4 Å². The fourth-order valence-corrected chi connectivity index (χ4v) is 5.97. The Hall–Kier alpha value is -2.19. The summed E-state index contributed by atoms with van der Waals surface area (Å²) >= 11 is 13.8. The molecule has 1 amide bonds. The van der Waals surface area contributed by atoms with Crippen LogP contribution in [-0.2, 0) is 17.8 Å². The summed E-state index contributed by atoms with van der Waals surface area (Å²) in [5, 5.41) is 5.38. The van der Waals surface area contributed by atoms with E-state index < -0.39 is 0 Å². The number of hydrogen-bond acceptors (Lipinski definition) is 6. The molecule has 0 spiro atoms. The van der Waals surface area contributed by atoms with Crippen LogP contribution in [0.4, 0.5) is 11.5 Å². The van der Waals surface area contributed by atoms with Crippen molar-refractivity contribution in [2.75, 3.05) is 31.5 Å². The van der Waals surface area contributed by atoms with E-state index in [0.717, 1.165) is 47.8 Å². The highest BCUT2D eigenvalue weighted by molar-refractivity contribution is 7.19. The van der Waals surface area contributed by atoms with Gasteiger partial charge in [-0.25, -0.2) is 9.97 Å². The van der Waals surface area contributed by atoms with E-state index in [1.807, 2.05) is 17.0 Å². The molecule has 0 radical (unpaired) electrons. The maximum Gasteiger partial charge on any atom is 0.246 e. The van der Waals surface area contributed by atoms with Gasteiger partial charge in [0.2, 0.25) is 5.91 Å². The van der Waals surface area contributed by atoms with Gasteiger partial charge in [0.15, 0.2) is 0 Å². The summed E-state index contributed by atoms with van der Waals surface area (Å²) in [6.45, 7) is 4.41. The summed E-state index contributed by atoms with van der Waals surface area (Å²) in [7, 11) is 0. The van der Waals surface area contributed by atoms with Gasteiger partial charge in [-0.2, -0.15) is 0 Å². The number of carbonyl (C=O) groups excluding carboxylic acids is 1. The lowest BCUT2D eigenvalue weighted by atomic mass is 10.0. The van der Waals surface area contributed by atoms with Crippen LogP contribution in [0.2, 0.25) is 10.0 Å². The Morgan fingerprint density at radius 3 is 2.79 bits per heavy atom. The van der Waals surface area contributed by atoms with Gasteiger partial charge in [0.1, 0.15) is 17.0 Å². The fraction of sp³-hybridized carbons (Fsp3) is 0.375. The number of aromatic nitrogens is 2. The standard InChI is InChI=1S/C24H25Cl2N5OS/c25-18-7-6-16(13-19(18)26)29-23-22-17-8-12-31(14-20(17)33-24(22)28-15-27-23)21(32)5-4-11-30-9-2-1-3-10-30/h4-7,13,15H,1-3,8-12,14H2,(H,27,28,29). The maximum atomic E-state index is 12.8. The first-order valence-electron chi connectivity index (χ1n) is 11.2. The van der Waals surface area contributed by atoms with Gasteiger partial charge in [0, 0.05) is 29.7 Å². The number of hydrogen-bond donors (Lipinski definition) is 1. The smallest absolute Gasteiger partial charge is 0.246 e. The lowest BCUT2D eigenvalue weighted by Crippen LogP contribution is -2.34. The number of amides is 1. The molecule has 1 fully saturated rings. The minimum Gasteiger partial charge on any atom is -0.340 e. The average molecular weight is 502 g/mol. The number of benzene rings is 1. The summed E-state index contributed by atoms with van der Waals surface area (Å²) in [4.78, 5) is 28.2. The Bertz CT molecular complexity index is 1210. The zero-order chi connectivity index (χ0) is 22.8. The van der Waals surface area contributed by atoms with Gasteiger partial charge in [-0.3, -0.25) is 9.69 Å². The van der Waals surface area contributed by atoms with E-state index >= 15 is 0 Å². The molecular weight excluding hydrogens is 477 g/mol. The second kappa shape index (κ2) is 9.97. The van der Waals surface area contributed by atoms with Crippen LogP contribution in [0.15, 0.2) is 36.7 Å². The van der Waals surface area contributed by atoms with Gasteiger partial charge in [0.05, 0.1) is 22.0 Å². The Balaban J connectivity index is 1.31. The first kappa shape index (κ1) is 22.6. The molecule has 4 heterocycles. The number of halogens is 2. The van der Waals surface area contributed by atoms with Crippen LogP contribution in [0.3, 0.4) is 0 Å². The van der Waals surface area contributed by atoms with Crippen molar-refractivity contribution in [3.63, 3.8) is 0 Å². The van der Waals surface area contributed by atoms with Crippen molar-refractivity contribution in [2.45, 2.75) is 32.2 Å². The molecule has 0 atom stereocenters. The number of fused-ring (bicyclic) bond motifs is 3. The molecule has 1 aromatic carbocycles. The molecule has 1 N–H and O–H groups in total. The van der Waals surface area contributed by atoms with E-state index in [1.165, 1.54) is 29.7 Å². The minimum absolute atomic E-state index is 0.0790. The molecule has 33 heavy (non-hydrogen) atoms. The normalized spacial score (nSPS) is 17.0. The molecule has 0 unspecified atom stereocenters. The van der Waals surface area contributed by atoms with Gasteiger partial charge in [0.25, 0.3) is 0 Å². The van der Waals surface area contributed by atoms with Crippen molar-refractivity contribution in [2.24, 2.45) is 0 Å². The molecule has 6 nitrogen and oxygen atoms in total. The lowest BCUT2D eigenvalue weighted by Gasteiger charge is -2.27. The third kappa shape index (κ3) is 5.01. The van der Waals surface area contributed by atoms with E-state index in [4.69, 9.17) is 23.2 Å². The van der Waals surface area contributed by atoms with Crippen LogP contribution in [0.1, 0.15) is 29.7 Å². The van der Waals surface area contributed by atoms with Gasteiger partial charge in [-0.1, -0.05) is 35.7 Å². The zero-order valence-corrected chi connectivity index (χ0v) is 20.5. The second-order valence-electron chi connectivity index (χ2n) is 8.43. The number of nitrogens with zero attached hydrogens (tertiary/aromatic N) is 4. The summed E-state index contributed by atoms with van der Waals surface area (Å²) < 4.78 is 0. The molecule has 2 aliphatic heterocycles. The highest BCUT2D eigenvalue weighted by atomic mass is 35.5. The van der Waals surface area contributed by atoms with Gasteiger partial charge >= 0.3 is 0 Å². The molecule has 1 saturated heterocycles. The zero-order valence-electron chi connectivity index (χ0n) is 18.2. The highest BCUT2D eigenvalue weighted by Gasteiger charge is 2.25. The average Bonchev–Trinajstić information content (AvgIpc) is 3.21. The van der Waals surface area contributed by atoms with E-state index in [1.54, 1.807) is 35.9 Å². The number of thiophene rings is 1. The molecule has 172 valence electrons. The van der Waals surface area contributed by atoms with Crippen LogP contribution < -0.4 is 5.32 Å². The lowest BCUT2D eigenvalue weighted by molar-refractivity contribution is -0.126. The van der Waals surface area contributed by atoms with Crippen molar-refractivity contribution in [1.29, 1.82) is 0 Å². The molecule has 0 saturated carbocycles. The van der Waals surface area contributed by atoms with Crippen LogP contribution in [0.5, 0.6) is 0 Å². The van der Waals surface area contributed by atoms with E-state index in [2.05, 4.69) is 20.2 Å². The summed E-state index contributed by atoms with van der Waals surface area (Å²) in [6, 6.07) is 5.42. The molecule has 2 aromatic heterocycles. The summed E-state index contributed by atoms with van der Waals surface area (Å²) in [5.74, 6) is 0.826. The predicted octanol–water partition coefficient (Wildman–Crippen LogP) is 5.67. The Kier molecular flexibility index (Phi) is 6.83. The minimum atomic E-state index is 0.0790. The molecule has 5 rings (SSSR count). The maximum absolute atomic E-state index is 12.8. The number of rotatable bonds is 5. The van der Waals surface area contributed by atoms with Crippen molar-refractivity contribution in [1.82, 2.24) is 19.8 Å². The summed E-state index contributed by atoms with van der Waals surface area (Å²) in [5.41, 5.74) is 2.04. The van der Waals surface area contributed by atoms with Crippen LogP contribution in [0.25, 0.3) is 10.2 Å². The van der Waals surface area contributed by atoms with Gasteiger partial charge in [-0.15, -0.1) is 11.3 Å². The van der Waals surface area contributed by atoms with E-state index in [0.29, 0.717) is 23.1 Å². The number of piperidine rings is 1. The van der Waals surface area contributed by atoms with Crippen molar-refractivity contribution in [3.8, 4) is 0 Å². The molecule has 9 heteroatoms. The highest BCUT2D eigenvalue weighted by Crippen LogP contribution is 2.38.